The normalized spacial score (nSPS) is 9.54. The van der Waals surface area contributed by atoms with Crippen molar-refractivity contribution in [2.45, 2.75) is 19.3 Å². The molecule has 68 valence electrons. The Balaban J connectivity index is 2.62. The smallest absolute Gasteiger partial charge is 0.0621 e. The Morgan fingerprint density at radius 2 is 2.23 bits per heavy atom. The van der Waals surface area contributed by atoms with Gasteiger partial charge in [-0.3, -0.25) is 0 Å². The van der Waals surface area contributed by atoms with E-state index in [9.17, 15) is 0 Å². The van der Waals surface area contributed by atoms with Gasteiger partial charge < -0.3 is 5.73 Å². The van der Waals surface area contributed by atoms with E-state index < -0.39 is 0 Å². The fourth-order valence-corrected chi connectivity index (χ4v) is 1.72. The van der Waals surface area contributed by atoms with Crippen LogP contribution in [0.3, 0.4) is 0 Å². The number of hydrogen-bond acceptors (Lipinski definition) is 2. The number of anilines is 1. The van der Waals surface area contributed by atoms with Crippen LogP contribution in [0.5, 0.6) is 0 Å². The predicted molar refractivity (Wildman–Crippen MR) is 57.1 cm³/mol. The summed E-state index contributed by atoms with van der Waals surface area (Å²) in [6.45, 7) is 0. The average molecular weight is 239 g/mol. The summed E-state index contributed by atoms with van der Waals surface area (Å²) in [6.07, 6.45) is 2.43. The second kappa shape index (κ2) is 4.88. The Bertz CT molecular complexity index is 328. The first kappa shape index (κ1) is 10.1. The largest absolute Gasteiger partial charge is 0.399 e. The molecule has 2 nitrogen and oxygen atoms in total. The van der Waals surface area contributed by atoms with Gasteiger partial charge in [0.1, 0.15) is 0 Å². The Kier molecular flexibility index (Phi) is 3.78. The number of unbranched alkanes of at least 4 members (excludes halogenated alkanes) is 1. The quantitative estimate of drug-likeness (QED) is 0.651. The first-order valence-corrected chi connectivity index (χ1v) is 4.94. The van der Waals surface area contributed by atoms with E-state index in [1.54, 1.807) is 0 Å². The van der Waals surface area contributed by atoms with Crippen LogP contribution in [-0.4, -0.2) is 0 Å². The van der Waals surface area contributed by atoms with Gasteiger partial charge in [0.25, 0.3) is 0 Å². The summed E-state index contributed by atoms with van der Waals surface area (Å²) in [5.41, 5.74) is 7.57. The summed E-state index contributed by atoms with van der Waals surface area (Å²) in [4.78, 5) is 0. The van der Waals surface area contributed by atoms with Crippen LogP contribution < -0.4 is 5.73 Å². The third-order valence-electron chi connectivity index (χ3n) is 1.81. The van der Waals surface area contributed by atoms with Crippen LogP contribution in [0.15, 0.2) is 22.7 Å². The number of nitrogen functional groups attached to an aromatic ring is 1. The van der Waals surface area contributed by atoms with Gasteiger partial charge in [0, 0.05) is 16.6 Å². The lowest BCUT2D eigenvalue weighted by Crippen LogP contribution is -1.90. The van der Waals surface area contributed by atoms with Crippen LogP contribution in [0.1, 0.15) is 18.4 Å². The number of hydrogen-bond donors (Lipinski definition) is 1. The summed E-state index contributed by atoms with van der Waals surface area (Å²) in [5, 5.41) is 8.38. The summed E-state index contributed by atoms with van der Waals surface area (Å²) in [7, 11) is 0. The molecule has 0 aliphatic heterocycles. The topological polar surface area (TPSA) is 49.8 Å². The monoisotopic (exact) mass is 238 g/mol. The van der Waals surface area contributed by atoms with Gasteiger partial charge in [-0.15, -0.1) is 0 Å². The van der Waals surface area contributed by atoms with E-state index in [1.165, 1.54) is 5.56 Å². The molecule has 0 amide bonds. The highest BCUT2D eigenvalue weighted by Gasteiger charge is 1.99. The van der Waals surface area contributed by atoms with Crippen LogP contribution in [0, 0.1) is 11.3 Å². The van der Waals surface area contributed by atoms with Crippen LogP contribution >= 0.6 is 15.9 Å². The Hall–Kier alpha value is -1.01. The molecule has 1 aromatic rings. The Labute approximate surface area is 86.5 Å². The molecule has 13 heavy (non-hydrogen) atoms. The van der Waals surface area contributed by atoms with Gasteiger partial charge in [0.05, 0.1) is 6.07 Å². The van der Waals surface area contributed by atoms with Crippen LogP contribution in [0.2, 0.25) is 0 Å². The predicted octanol–water partition coefficient (Wildman–Crippen LogP) is 2.88. The van der Waals surface area contributed by atoms with Gasteiger partial charge in [-0.05, 0) is 30.5 Å². The highest BCUT2D eigenvalue weighted by Crippen LogP contribution is 2.21. The zero-order valence-corrected chi connectivity index (χ0v) is 8.84. The lowest BCUT2D eigenvalue weighted by Gasteiger charge is -2.03. The van der Waals surface area contributed by atoms with Crippen molar-refractivity contribution in [2.75, 3.05) is 5.73 Å². The zero-order chi connectivity index (χ0) is 9.68. The first-order valence-electron chi connectivity index (χ1n) is 4.15. The fraction of sp³-hybridized carbons (Fsp3) is 0.300. The minimum absolute atomic E-state index is 0.608. The van der Waals surface area contributed by atoms with E-state index in [1.807, 2.05) is 18.2 Å². The second-order valence-corrected chi connectivity index (χ2v) is 3.72. The molecule has 0 spiro atoms. The third-order valence-corrected chi connectivity index (χ3v) is 2.55. The highest BCUT2D eigenvalue weighted by atomic mass is 79.9. The number of rotatable bonds is 3. The highest BCUT2D eigenvalue weighted by molar-refractivity contribution is 9.10. The number of aryl methyl sites for hydroxylation is 1. The van der Waals surface area contributed by atoms with Crippen molar-refractivity contribution in [3.8, 4) is 6.07 Å². The fourth-order valence-electron chi connectivity index (χ4n) is 1.12. The Morgan fingerprint density at radius 3 is 2.85 bits per heavy atom. The summed E-state index contributed by atoms with van der Waals surface area (Å²) >= 11 is 3.44. The lowest BCUT2D eigenvalue weighted by atomic mass is 10.1. The zero-order valence-electron chi connectivity index (χ0n) is 7.26. The van der Waals surface area contributed by atoms with Crippen LogP contribution in [0.4, 0.5) is 5.69 Å². The van der Waals surface area contributed by atoms with Crippen molar-refractivity contribution in [2.24, 2.45) is 0 Å². The molecular weight excluding hydrogens is 228 g/mol. The minimum Gasteiger partial charge on any atom is -0.399 e. The van der Waals surface area contributed by atoms with Crippen molar-refractivity contribution in [1.29, 1.82) is 5.26 Å². The average Bonchev–Trinajstić information content (AvgIpc) is 2.09. The van der Waals surface area contributed by atoms with Crippen molar-refractivity contribution in [3.63, 3.8) is 0 Å². The molecule has 0 heterocycles. The number of benzene rings is 1. The maximum absolute atomic E-state index is 8.38. The summed E-state index contributed by atoms with van der Waals surface area (Å²) in [6, 6.07) is 7.90. The van der Waals surface area contributed by atoms with Crippen molar-refractivity contribution < 1.29 is 0 Å². The molecule has 2 N–H and O–H groups in total. The van der Waals surface area contributed by atoms with Gasteiger partial charge in [-0.1, -0.05) is 22.0 Å². The number of nitrogens with zero attached hydrogens (tertiary/aromatic N) is 1. The number of nitrogens with two attached hydrogens (primary N) is 1. The summed E-state index contributed by atoms with van der Waals surface area (Å²) < 4.78 is 1.03. The molecule has 0 aliphatic carbocycles. The molecule has 1 rings (SSSR count). The van der Waals surface area contributed by atoms with Crippen LogP contribution in [-0.2, 0) is 6.42 Å². The van der Waals surface area contributed by atoms with E-state index in [4.69, 9.17) is 11.0 Å². The van der Waals surface area contributed by atoms with Crippen molar-refractivity contribution >= 4 is 21.6 Å². The van der Waals surface area contributed by atoms with E-state index in [2.05, 4.69) is 22.0 Å². The third kappa shape index (κ3) is 3.08. The van der Waals surface area contributed by atoms with Gasteiger partial charge in [-0.25, -0.2) is 0 Å². The maximum Gasteiger partial charge on any atom is 0.0621 e. The molecule has 1 aromatic carbocycles. The molecule has 0 aromatic heterocycles. The first-order chi connectivity index (χ1) is 6.24. The molecule has 0 bridgehead atoms. The molecule has 0 aliphatic rings. The number of nitriles is 1. The van der Waals surface area contributed by atoms with Crippen molar-refractivity contribution in [3.05, 3.63) is 28.2 Å². The van der Waals surface area contributed by atoms with Gasteiger partial charge >= 0.3 is 0 Å². The molecule has 0 fully saturated rings. The lowest BCUT2D eigenvalue weighted by molar-refractivity contribution is 0.847. The molecule has 0 saturated carbocycles. The maximum atomic E-state index is 8.38. The molecule has 0 radical (unpaired) electrons. The second-order valence-electron chi connectivity index (χ2n) is 2.86. The molecule has 0 atom stereocenters. The van der Waals surface area contributed by atoms with Gasteiger partial charge in [0.2, 0.25) is 0 Å². The molecule has 0 saturated heterocycles. The molecular formula is C10H11BrN2. The van der Waals surface area contributed by atoms with Crippen LogP contribution in [0.25, 0.3) is 0 Å². The number of halogens is 1. The van der Waals surface area contributed by atoms with Gasteiger partial charge in [-0.2, -0.15) is 5.26 Å². The van der Waals surface area contributed by atoms with E-state index >= 15 is 0 Å². The summed E-state index contributed by atoms with van der Waals surface area (Å²) in [5.74, 6) is 0. The van der Waals surface area contributed by atoms with Crippen molar-refractivity contribution in [1.82, 2.24) is 0 Å². The SMILES string of the molecule is N#CCCCc1ccc(N)cc1Br. The molecule has 3 heteroatoms. The standard InChI is InChI=1S/C10H11BrN2/c11-10-7-9(13)5-4-8(10)3-1-2-6-12/h4-5,7H,1-3,13H2. The van der Waals surface area contributed by atoms with E-state index in [0.29, 0.717) is 6.42 Å². The van der Waals surface area contributed by atoms with Gasteiger partial charge in [0.15, 0.2) is 0 Å². The van der Waals surface area contributed by atoms with E-state index in [0.717, 1.165) is 23.0 Å². The Morgan fingerprint density at radius 1 is 1.46 bits per heavy atom. The minimum atomic E-state index is 0.608. The molecule has 0 unspecified atom stereocenters. The van der Waals surface area contributed by atoms with E-state index in [-0.39, 0.29) is 0 Å².